The number of rotatable bonds is 71. The number of allylic oxidation sites excluding steroid dienone is 5. The molecule has 1 amide bonds. The first-order valence-corrected chi connectivity index (χ1v) is 39.3. The largest absolute Gasteiger partial charge is 0.756 e. The number of aliphatic hydroxyl groups is 1. The van der Waals surface area contributed by atoms with E-state index in [1.807, 2.05) is 27.2 Å². The van der Waals surface area contributed by atoms with Crippen molar-refractivity contribution in [2.45, 2.75) is 405 Å². The summed E-state index contributed by atoms with van der Waals surface area (Å²) in [4.78, 5) is 25.7. The summed E-state index contributed by atoms with van der Waals surface area (Å²) in [6.07, 6.45) is 90.2. The van der Waals surface area contributed by atoms with E-state index in [2.05, 4.69) is 43.5 Å². The molecule has 0 radical (unpaired) electrons. The molecule has 3 atom stereocenters. The zero-order valence-electron chi connectivity index (χ0n) is 57.8. The molecule has 0 aliphatic rings. The highest BCUT2D eigenvalue weighted by molar-refractivity contribution is 7.45. The van der Waals surface area contributed by atoms with Crippen molar-refractivity contribution in [2.75, 3.05) is 40.9 Å². The summed E-state index contributed by atoms with van der Waals surface area (Å²) in [6.45, 7) is 4.69. The number of carbonyl (C=O) groups excluding carboxylic acids is 1. The molecule has 0 saturated heterocycles. The smallest absolute Gasteiger partial charge is 0.268 e. The number of phosphoric acid groups is 1. The van der Waals surface area contributed by atoms with Crippen molar-refractivity contribution >= 4 is 13.7 Å². The van der Waals surface area contributed by atoms with Gasteiger partial charge >= 0.3 is 0 Å². The van der Waals surface area contributed by atoms with E-state index in [9.17, 15) is 19.4 Å². The third-order valence-corrected chi connectivity index (χ3v) is 18.5. The van der Waals surface area contributed by atoms with Crippen LogP contribution in [0.5, 0.6) is 0 Å². The molecule has 0 fully saturated rings. The molecule has 504 valence electrons. The molecule has 0 spiro atoms. The maximum absolute atomic E-state index is 13.0. The van der Waals surface area contributed by atoms with Gasteiger partial charge in [-0.05, 0) is 44.9 Å². The Morgan fingerprint density at radius 2 is 0.659 bits per heavy atom. The van der Waals surface area contributed by atoms with E-state index in [0.29, 0.717) is 17.4 Å². The molecule has 0 aromatic rings. The third kappa shape index (κ3) is 70.0. The summed E-state index contributed by atoms with van der Waals surface area (Å²) in [5, 5.41) is 14.0. The van der Waals surface area contributed by atoms with Crippen molar-refractivity contribution in [2.24, 2.45) is 0 Å². The maximum atomic E-state index is 13.0. The fourth-order valence-electron chi connectivity index (χ4n) is 11.7. The van der Waals surface area contributed by atoms with Gasteiger partial charge in [-0.25, -0.2) is 0 Å². The van der Waals surface area contributed by atoms with Crippen molar-refractivity contribution in [1.29, 1.82) is 0 Å². The average Bonchev–Trinajstić information content (AvgIpc) is 3.52. The molecule has 0 rings (SSSR count). The summed E-state index contributed by atoms with van der Waals surface area (Å²) in [6, 6.07) is -0.910. The second-order valence-electron chi connectivity index (χ2n) is 27.4. The Morgan fingerprint density at radius 1 is 0.400 bits per heavy atom. The van der Waals surface area contributed by atoms with Gasteiger partial charge in [-0.1, -0.05) is 378 Å². The average molecular weight is 1220 g/mol. The fraction of sp³-hybridized carbons (Fsp3) is 0.908. The highest BCUT2D eigenvalue weighted by Gasteiger charge is 2.23. The molecular formula is C76H149N2O6P. The van der Waals surface area contributed by atoms with Crippen molar-refractivity contribution in [3.8, 4) is 0 Å². The molecular weight excluding hydrogens is 1070 g/mol. The predicted octanol–water partition coefficient (Wildman–Crippen LogP) is 23.8. The quantitative estimate of drug-likeness (QED) is 0.0272. The molecule has 85 heavy (non-hydrogen) atoms. The lowest BCUT2D eigenvalue weighted by Crippen LogP contribution is -2.45. The minimum atomic E-state index is -4.62. The van der Waals surface area contributed by atoms with Crippen molar-refractivity contribution < 1.29 is 32.9 Å². The van der Waals surface area contributed by atoms with Crippen LogP contribution in [0.4, 0.5) is 0 Å². The number of aliphatic hydroxyl groups excluding tert-OH is 1. The molecule has 2 N–H and O–H groups in total. The first kappa shape index (κ1) is 83.7. The van der Waals surface area contributed by atoms with Gasteiger partial charge in [0, 0.05) is 6.42 Å². The number of hydrogen-bond acceptors (Lipinski definition) is 6. The van der Waals surface area contributed by atoms with E-state index < -0.39 is 26.6 Å². The van der Waals surface area contributed by atoms with Crippen LogP contribution >= 0.6 is 7.82 Å². The van der Waals surface area contributed by atoms with E-state index in [1.165, 1.54) is 327 Å². The SMILES string of the molecule is CCCCCCCCCCCCCCCCCCCCCCC/C=C/CC/C=C/CC/C=C/C(O)C(COP(=O)([O-])OCC[N+](C)(C)C)NC(=O)CCCCCCCCCCCCCCCCCCCCCCCCCCCCCCCCCC. The van der Waals surface area contributed by atoms with E-state index in [4.69, 9.17) is 9.05 Å². The van der Waals surface area contributed by atoms with Gasteiger partial charge < -0.3 is 28.8 Å². The minimum absolute atomic E-state index is 0.00698. The maximum Gasteiger partial charge on any atom is 0.268 e. The van der Waals surface area contributed by atoms with Crippen LogP contribution in [0.2, 0.25) is 0 Å². The number of unbranched alkanes of at least 4 members (excludes halogenated alkanes) is 54. The minimum Gasteiger partial charge on any atom is -0.756 e. The number of carbonyl (C=O) groups is 1. The van der Waals surface area contributed by atoms with Crippen LogP contribution in [0.1, 0.15) is 393 Å². The highest BCUT2D eigenvalue weighted by Crippen LogP contribution is 2.38. The number of nitrogens with zero attached hydrogens (tertiary/aromatic N) is 1. The molecule has 3 unspecified atom stereocenters. The van der Waals surface area contributed by atoms with Crippen molar-refractivity contribution in [3.05, 3.63) is 36.5 Å². The van der Waals surface area contributed by atoms with Crippen LogP contribution in [0, 0.1) is 0 Å². The van der Waals surface area contributed by atoms with Crippen molar-refractivity contribution in [1.82, 2.24) is 5.32 Å². The standard InChI is InChI=1S/C76H149N2O6P/c1-6-8-10-12-14-16-18-20-22-24-26-28-30-32-34-36-38-40-42-44-46-48-50-52-54-56-58-60-62-64-66-68-70-76(80)77-74(73-84-85(81,82)83-72-71-78(3,4)5)75(79)69-67-65-63-61-59-57-55-53-51-49-47-45-43-41-39-37-35-33-31-29-27-25-23-21-19-17-15-13-11-9-7-2/h51,53,59,61,67,69,74-75,79H,6-50,52,54-58,60,62-66,68,70-73H2,1-5H3,(H-,77,80,81,82)/b53-51+,61-59+,69-67+. The Labute approximate surface area is 531 Å². The van der Waals surface area contributed by atoms with Gasteiger partial charge in [0.1, 0.15) is 13.2 Å². The third-order valence-electron chi connectivity index (χ3n) is 17.6. The second kappa shape index (κ2) is 67.1. The molecule has 0 aliphatic heterocycles. The van der Waals surface area contributed by atoms with Crippen LogP contribution < -0.4 is 10.2 Å². The Morgan fingerprint density at radius 3 is 0.953 bits per heavy atom. The summed E-state index contributed by atoms with van der Waals surface area (Å²) in [5.41, 5.74) is 0. The molecule has 0 saturated carbocycles. The lowest BCUT2D eigenvalue weighted by atomic mass is 10.0. The van der Waals surface area contributed by atoms with E-state index in [0.717, 1.165) is 44.9 Å². The van der Waals surface area contributed by atoms with Crippen LogP contribution in [0.25, 0.3) is 0 Å². The summed E-state index contributed by atoms with van der Waals surface area (Å²) in [5.74, 6) is -0.203. The van der Waals surface area contributed by atoms with Crippen LogP contribution in [-0.4, -0.2) is 68.5 Å². The molecule has 9 heteroatoms. The Hall–Kier alpha value is -1.28. The van der Waals surface area contributed by atoms with Crippen LogP contribution in [0.3, 0.4) is 0 Å². The topological polar surface area (TPSA) is 108 Å². The lowest BCUT2D eigenvalue weighted by Gasteiger charge is -2.29. The second-order valence-corrected chi connectivity index (χ2v) is 28.8. The summed E-state index contributed by atoms with van der Waals surface area (Å²) in [7, 11) is 1.25. The fourth-order valence-corrected chi connectivity index (χ4v) is 12.4. The van der Waals surface area contributed by atoms with Gasteiger partial charge in [-0.15, -0.1) is 0 Å². The molecule has 0 heterocycles. The molecule has 0 bridgehead atoms. The van der Waals surface area contributed by atoms with Gasteiger partial charge in [0.15, 0.2) is 0 Å². The molecule has 8 nitrogen and oxygen atoms in total. The lowest BCUT2D eigenvalue weighted by molar-refractivity contribution is -0.870. The Bertz CT molecular complexity index is 1480. The molecule has 0 aliphatic carbocycles. The number of quaternary nitrogens is 1. The van der Waals surface area contributed by atoms with E-state index in [1.54, 1.807) is 6.08 Å². The van der Waals surface area contributed by atoms with Crippen LogP contribution in [-0.2, 0) is 18.4 Å². The number of nitrogens with one attached hydrogen (secondary N) is 1. The zero-order chi connectivity index (χ0) is 61.9. The Balaban J connectivity index is 4.04. The summed E-state index contributed by atoms with van der Waals surface area (Å²) >= 11 is 0. The summed E-state index contributed by atoms with van der Waals surface area (Å²) < 4.78 is 23.5. The highest BCUT2D eigenvalue weighted by atomic mass is 31.2. The first-order chi connectivity index (χ1) is 41.5. The normalized spacial score (nSPS) is 13.7. The van der Waals surface area contributed by atoms with Gasteiger partial charge in [-0.3, -0.25) is 9.36 Å². The van der Waals surface area contributed by atoms with E-state index in [-0.39, 0.29) is 12.5 Å². The predicted molar refractivity (Wildman–Crippen MR) is 372 cm³/mol. The van der Waals surface area contributed by atoms with Crippen molar-refractivity contribution in [3.63, 3.8) is 0 Å². The number of hydrogen-bond donors (Lipinski definition) is 2. The van der Waals surface area contributed by atoms with Gasteiger partial charge in [0.25, 0.3) is 7.82 Å². The van der Waals surface area contributed by atoms with Gasteiger partial charge in [0.05, 0.1) is 39.9 Å². The molecule has 0 aromatic heterocycles. The van der Waals surface area contributed by atoms with Gasteiger partial charge in [-0.2, -0.15) is 0 Å². The number of phosphoric ester groups is 1. The molecule has 0 aromatic carbocycles. The van der Waals surface area contributed by atoms with E-state index >= 15 is 0 Å². The van der Waals surface area contributed by atoms with Crippen LogP contribution in [0.15, 0.2) is 36.5 Å². The zero-order valence-corrected chi connectivity index (χ0v) is 58.7. The monoisotopic (exact) mass is 1220 g/mol. The first-order valence-electron chi connectivity index (χ1n) is 37.9. The van der Waals surface area contributed by atoms with Gasteiger partial charge in [0.2, 0.25) is 5.91 Å². The Kier molecular flexibility index (Phi) is 66.1. The number of amides is 1. The number of likely N-dealkylation sites (N-methyl/N-ethyl adjacent to an activating group) is 1.